The molecule has 1 aromatic rings. The largest absolute Gasteiger partial charge is 0.362 e. The van der Waals surface area contributed by atoms with Crippen LogP contribution in [0.4, 0.5) is 0 Å². The van der Waals surface area contributed by atoms with Crippen molar-refractivity contribution in [3.8, 4) is 0 Å². The molecule has 0 radical (unpaired) electrons. The Morgan fingerprint density at radius 3 is 3.14 bits per heavy atom. The third kappa shape index (κ3) is 3.18. The number of rotatable bonds is 5. The summed E-state index contributed by atoms with van der Waals surface area (Å²) in [6.45, 7) is 0.301. The third-order valence-electron chi connectivity index (χ3n) is 1.46. The van der Waals surface area contributed by atoms with Gasteiger partial charge in [-0.25, -0.2) is 0 Å². The molecule has 0 aliphatic rings. The molecule has 1 heterocycles. The van der Waals surface area contributed by atoms with E-state index in [1.807, 2.05) is 0 Å². The zero-order valence-electron chi connectivity index (χ0n) is 7.34. The van der Waals surface area contributed by atoms with E-state index in [2.05, 4.69) is 20.5 Å². The van der Waals surface area contributed by atoms with Crippen LogP contribution in [0.1, 0.15) is 10.4 Å². The maximum atomic E-state index is 11.3. The van der Waals surface area contributed by atoms with Crippen LogP contribution in [-0.2, 0) is 4.84 Å². The summed E-state index contributed by atoms with van der Waals surface area (Å²) in [4.78, 5) is 28.8. The van der Waals surface area contributed by atoms with Gasteiger partial charge in [0.2, 0.25) is 0 Å². The first-order chi connectivity index (χ1) is 6.84. The number of carbonyl (C=O) groups is 1. The van der Waals surface area contributed by atoms with E-state index in [0.29, 0.717) is 5.56 Å². The van der Waals surface area contributed by atoms with Gasteiger partial charge in [-0.15, -0.1) is 4.91 Å². The van der Waals surface area contributed by atoms with Crippen LogP contribution < -0.4 is 5.32 Å². The van der Waals surface area contributed by atoms with Gasteiger partial charge < -0.3 is 10.2 Å². The van der Waals surface area contributed by atoms with E-state index in [9.17, 15) is 9.70 Å². The van der Waals surface area contributed by atoms with E-state index in [1.54, 1.807) is 18.3 Å². The van der Waals surface area contributed by atoms with Crippen molar-refractivity contribution in [3.05, 3.63) is 35.0 Å². The molecule has 0 saturated carbocycles. The van der Waals surface area contributed by atoms with E-state index >= 15 is 0 Å². The topological polar surface area (TPSA) is 80.6 Å². The SMILES string of the molecule is O=NOCCNC(=O)c1cccnc1. The molecule has 0 aliphatic heterocycles. The molecule has 74 valence electrons. The highest BCUT2D eigenvalue weighted by atomic mass is 16.7. The van der Waals surface area contributed by atoms with E-state index in [1.165, 1.54) is 6.20 Å². The second kappa shape index (κ2) is 5.63. The highest BCUT2D eigenvalue weighted by Gasteiger charge is 2.03. The van der Waals surface area contributed by atoms with Gasteiger partial charge in [-0.2, -0.15) is 0 Å². The van der Waals surface area contributed by atoms with Gasteiger partial charge in [0.25, 0.3) is 5.91 Å². The molecule has 0 aliphatic carbocycles. The number of nitrogens with zero attached hydrogens (tertiary/aromatic N) is 2. The van der Waals surface area contributed by atoms with Gasteiger partial charge >= 0.3 is 0 Å². The fourth-order valence-electron chi connectivity index (χ4n) is 0.847. The lowest BCUT2D eigenvalue weighted by molar-refractivity contribution is 0.0917. The summed E-state index contributed by atoms with van der Waals surface area (Å²) >= 11 is 0. The molecule has 1 aromatic heterocycles. The van der Waals surface area contributed by atoms with E-state index in [0.717, 1.165) is 0 Å². The quantitative estimate of drug-likeness (QED) is 0.421. The maximum absolute atomic E-state index is 11.3. The second-order valence-electron chi connectivity index (χ2n) is 2.41. The monoisotopic (exact) mass is 195 g/mol. The first-order valence-electron chi connectivity index (χ1n) is 3.97. The van der Waals surface area contributed by atoms with Gasteiger partial charge in [0.1, 0.15) is 6.61 Å². The van der Waals surface area contributed by atoms with Crippen molar-refractivity contribution in [1.82, 2.24) is 10.3 Å². The number of amides is 1. The predicted octanol–water partition coefficient (Wildman–Crippen LogP) is 0.509. The molecule has 0 fully saturated rings. The molecule has 0 bridgehead atoms. The average molecular weight is 195 g/mol. The van der Waals surface area contributed by atoms with Crippen LogP contribution in [0, 0.1) is 4.91 Å². The van der Waals surface area contributed by atoms with Crippen molar-refractivity contribution in [1.29, 1.82) is 0 Å². The molecule has 14 heavy (non-hydrogen) atoms. The third-order valence-corrected chi connectivity index (χ3v) is 1.46. The van der Waals surface area contributed by atoms with Gasteiger partial charge in [0.05, 0.1) is 12.1 Å². The average Bonchev–Trinajstić information content (AvgIpc) is 2.25. The number of nitrogens with one attached hydrogen (secondary N) is 1. The molecule has 6 heteroatoms. The zero-order valence-corrected chi connectivity index (χ0v) is 7.34. The van der Waals surface area contributed by atoms with Crippen LogP contribution in [0.5, 0.6) is 0 Å². The summed E-state index contributed by atoms with van der Waals surface area (Å²) in [6.07, 6.45) is 3.03. The summed E-state index contributed by atoms with van der Waals surface area (Å²) in [7, 11) is 0. The zero-order chi connectivity index (χ0) is 10.2. The van der Waals surface area contributed by atoms with Crippen molar-refractivity contribution in [2.75, 3.05) is 13.2 Å². The summed E-state index contributed by atoms with van der Waals surface area (Å²) in [5.41, 5.74) is 0.464. The van der Waals surface area contributed by atoms with E-state index in [4.69, 9.17) is 0 Å². The summed E-state index contributed by atoms with van der Waals surface area (Å²) in [5, 5.41) is 4.72. The fourth-order valence-corrected chi connectivity index (χ4v) is 0.847. The molecular formula is C8H9N3O3. The molecule has 0 unspecified atom stereocenters. The van der Waals surface area contributed by atoms with E-state index in [-0.39, 0.29) is 19.1 Å². The molecule has 1 amide bonds. The summed E-state index contributed by atoms with van der Waals surface area (Å²) in [5.74, 6) is -0.257. The number of aromatic nitrogens is 1. The Morgan fingerprint density at radius 2 is 2.50 bits per heavy atom. The highest BCUT2D eigenvalue weighted by molar-refractivity contribution is 5.93. The lowest BCUT2D eigenvalue weighted by atomic mass is 10.3. The molecule has 0 saturated heterocycles. The highest BCUT2D eigenvalue weighted by Crippen LogP contribution is 1.94. The summed E-state index contributed by atoms with van der Waals surface area (Å²) in [6, 6.07) is 3.31. The Morgan fingerprint density at radius 1 is 1.64 bits per heavy atom. The van der Waals surface area contributed by atoms with Crippen LogP contribution in [-0.4, -0.2) is 24.0 Å². The normalized spacial score (nSPS) is 9.14. The van der Waals surface area contributed by atoms with Crippen molar-refractivity contribution < 1.29 is 9.63 Å². The van der Waals surface area contributed by atoms with Crippen LogP contribution in [0.2, 0.25) is 0 Å². The first kappa shape index (κ1) is 10.1. The van der Waals surface area contributed by atoms with Gasteiger partial charge in [-0.05, 0) is 12.1 Å². The number of pyridine rings is 1. The Bertz CT molecular complexity index is 302. The summed E-state index contributed by atoms with van der Waals surface area (Å²) < 4.78 is 0. The van der Waals surface area contributed by atoms with Gasteiger partial charge in [0, 0.05) is 12.4 Å². The van der Waals surface area contributed by atoms with Gasteiger partial charge in [0.15, 0.2) is 5.34 Å². The molecular weight excluding hydrogens is 186 g/mol. The Hall–Kier alpha value is -1.98. The minimum Gasteiger partial charge on any atom is -0.362 e. The molecule has 0 spiro atoms. The van der Waals surface area contributed by atoms with Crippen molar-refractivity contribution >= 4 is 5.91 Å². The Balaban J connectivity index is 2.32. The minimum absolute atomic E-state index is 0.0650. The van der Waals surface area contributed by atoms with Crippen LogP contribution in [0.25, 0.3) is 0 Å². The van der Waals surface area contributed by atoms with E-state index < -0.39 is 0 Å². The predicted molar refractivity (Wildman–Crippen MR) is 48.3 cm³/mol. The van der Waals surface area contributed by atoms with Gasteiger partial charge in [-0.1, -0.05) is 0 Å². The minimum atomic E-state index is -0.257. The van der Waals surface area contributed by atoms with Crippen molar-refractivity contribution in [3.63, 3.8) is 0 Å². The lowest BCUT2D eigenvalue weighted by Gasteiger charge is -2.02. The Labute approximate surface area is 80.2 Å². The number of hydrogen-bond donors (Lipinski definition) is 1. The van der Waals surface area contributed by atoms with Gasteiger partial charge in [-0.3, -0.25) is 9.78 Å². The van der Waals surface area contributed by atoms with Crippen LogP contribution in [0.15, 0.2) is 29.9 Å². The van der Waals surface area contributed by atoms with Crippen molar-refractivity contribution in [2.24, 2.45) is 5.34 Å². The molecule has 1 N–H and O–H groups in total. The number of hydrogen-bond acceptors (Lipinski definition) is 5. The molecule has 0 aromatic carbocycles. The lowest BCUT2D eigenvalue weighted by Crippen LogP contribution is -2.26. The molecule has 0 atom stereocenters. The van der Waals surface area contributed by atoms with Crippen molar-refractivity contribution in [2.45, 2.75) is 0 Å². The van der Waals surface area contributed by atoms with Crippen LogP contribution in [0.3, 0.4) is 0 Å². The first-order valence-corrected chi connectivity index (χ1v) is 3.97. The molecule has 6 nitrogen and oxygen atoms in total. The Kier molecular flexibility index (Phi) is 4.06. The fraction of sp³-hybridized carbons (Fsp3) is 0.250. The smallest absolute Gasteiger partial charge is 0.252 e. The van der Waals surface area contributed by atoms with Crippen LogP contribution >= 0.6 is 0 Å². The molecule has 1 rings (SSSR count). The number of carbonyl (C=O) groups excluding carboxylic acids is 1. The standard InChI is InChI=1S/C8H9N3O3/c12-8(10-4-5-14-11-13)7-2-1-3-9-6-7/h1-3,6H,4-5H2,(H,10,12). The maximum Gasteiger partial charge on any atom is 0.252 e. The second-order valence-corrected chi connectivity index (χ2v) is 2.41.